The zero-order chi connectivity index (χ0) is 12.3. The first kappa shape index (κ1) is 12.6. The molecule has 0 saturated carbocycles. The van der Waals surface area contributed by atoms with Crippen LogP contribution in [0.1, 0.15) is 37.1 Å². The Hall–Kier alpha value is -0.870. The van der Waals surface area contributed by atoms with Gasteiger partial charge in [-0.1, -0.05) is 6.92 Å². The first-order chi connectivity index (χ1) is 8.19. The summed E-state index contributed by atoms with van der Waals surface area (Å²) < 4.78 is 5.62. The maximum atomic E-state index is 5.62. The Bertz CT molecular complexity index is 334. The van der Waals surface area contributed by atoms with E-state index in [4.69, 9.17) is 4.42 Å². The highest BCUT2D eigenvalue weighted by Gasteiger charge is 2.19. The first-order valence-corrected chi connectivity index (χ1v) is 6.57. The second-order valence-electron chi connectivity index (χ2n) is 4.86. The Morgan fingerprint density at radius 2 is 2.06 bits per heavy atom. The van der Waals surface area contributed by atoms with Crippen molar-refractivity contribution < 1.29 is 4.42 Å². The van der Waals surface area contributed by atoms with Crippen molar-refractivity contribution in [3.05, 3.63) is 17.3 Å². The minimum atomic E-state index is 0.698. The van der Waals surface area contributed by atoms with E-state index < -0.39 is 0 Å². The first-order valence-electron chi connectivity index (χ1n) is 6.57. The van der Waals surface area contributed by atoms with Crippen molar-refractivity contribution in [3.63, 3.8) is 0 Å². The van der Waals surface area contributed by atoms with Crippen LogP contribution in [0, 0.1) is 13.8 Å². The molecule has 0 unspecified atom stereocenters. The van der Waals surface area contributed by atoms with Gasteiger partial charge >= 0.3 is 0 Å². The van der Waals surface area contributed by atoms with Crippen molar-refractivity contribution in [1.29, 1.82) is 0 Å². The van der Waals surface area contributed by atoms with E-state index in [2.05, 4.69) is 22.1 Å². The molecule has 1 aromatic rings. The summed E-state index contributed by atoms with van der Waals surface area (Å²) in [5.41, 5.74) is 1.02. The average Bonchev–Trinajstić information content (AvgIpc) is 2.61. The van der Waals surface area contributed by atoms with Crippen LogP contribution in [0.3, 0.4) is 0 Å². The molecule has 17 heavy (non-hydrogen) atoms. The number of aromatic nitrogens is 1. The highest BCUT2D eigenvalue weighted by atomic mass is 16.4. The quantitative estimate of drug-likeness (QED) is 0.868. The van der Waals surface area contributed by atoms with E-state index in [1.165, 1.54) is 12.8 Å². The molecule has 1 aromatic heterocycles. The molecule has 0 spiro atoms. The van der Waals surface area contributed by atoms with Gasteiger partial charge in [-0.15, -0.1) is 0 Å². The van der Waals surface area contributed by atoms with Gasteiger partial charge in [0.25, 0.3) is 0 Å². The molecule has 1 aliphatic heterocycles. The predicted molar refractivity (Wildman–Crippen MR) is 68.0 cm³/mol. The average molecular weight is 237 g/mol. The SMILES string of the molecule is CCNC1CCN(Cc2nc(C)c(C)o2)CC1. The maximum Gasteiger partial charge on any atom is 0.208 e. The van der Waals surface area contributed by atoms with Crippen LogP contribution in [0.5, 0.6) is 0 Å². The molecule has 1 fully saturated rings. The van der Waals surface area contributed by atoms with Gasteiger partial charge in [0.15, 0.2) is 0 Å². The lowest BCUT2D eigenvalue weighted by molar-refractivity contribution is 0.176. The molecule has 0 atom stereocenters. The molecule has 1 aliphatic rings. The highest BCUT2D eigenvalue weighted by molar-refractivity contribution is 5.05. The Labute approximate surface area is 103 Å². The van der Waals surface area contributed by atoms with Crippen molar-refractivity contribution >= 4 is 0 Å². The lowest BCUT2D eigenvalue weighted by atomic mass is 10.1. The molecule has 2 heterocycles. The molecule has 0 aliphatic carbocycles. The van der Waals surface area contributed by atoms with Gasteiger partial charge in [0, 0.05) is 19.1 Å². The van der Waals surface area contributed by atoms with Crippen molar-refractivity contribution in [2.75, 3.05) is 19.6 Å². The molecule has 0 amide bonds. The molecule has 96 valence electrons. The van der Waals surface area contributed by atoms with E-state index in [-0.39, 0.29) is 0 Å². The van der Waals surface area contributed by atoms with Crippen LogP contribution >= 0.6 is 0 Å². The fraction of sp³-hybridized carbons (Fsp3) is 0.769. The number of hydrogen-bond donors (Lipinski definition) is 1. The number of piperidine rings is 1. The lowest BCUT2D eigenvalue weighted by Crippen LogP contribution is -2.42. The molecule has 0 aromatic carbocycles. The van der Waals surface area contributed by atoms with Gasteiger partial charge in [-0.25, -0.2) is 4.98 Å². The van der Waals surface area contributed by atoms with Crippen molar-refractivity contribution in [2.24, 2.45) is 0 Å². The zero-order valence-corrected chi connectivity index (χ0v) is 11.1. The highest BCUT2D eigenvalue weighted by Crippen LogP contribution is 2.15. The molecule has 0 bridgehead atoms. The third kappa shape index (κ3) is 3.30. The third-order valence-electron chi connectivity index (χ3n) is 3.51. The lowest BCUT2D eigenvalue weighted by Gasteiger charge is -2.31. The number of likely N-dealkylation sites (tertiary alicyclic amines) is 1. The van der Waals surface area contributed by atoms with E-state index in [1.807, 2.05) is 13.8 Å². The van der Waals surface area contributed by atoms with Crippen LogP contribution in [0.15, 0.2) is 4.42 Å². The number of oxazole rings is 1. The normalized spacial score (nSPS) is 18.8. The predicted octanol–water partition coefficient (Wildman–Crippen LogP) is 1.87. The second kappa shape index (κ2) is 5.65. The van der Waals surface area contributed by atoms with Gasteiger partial charge in [0.05, 0.1) is 12.2 Å². The van der Waals surface area contributed by atoms with Crippen LogP contribution in [0.4, 0.5) is 0 Å². The summed E-state index contributed by atoms with van der Waals surface area (Å²) in [6.07, 6.45) is 2.46. The number of nitrogens with zero attached hydrogens (tertiary/aromatic N) is 2. The summed E-state index contributed by atoms with van der Waals surface area (Å²) in [7, 11) is 0. The van der Waals surface area contributed by atoms with Crippen molar-refractivity contribution in [1.82, 2.24) is 15.2 Å². The zero-order valence-electron chi connectivity index (χ0n) is 11.1. The largest absolute Gasteiger partial charge is 0.444 e. The Kier molecular flexibility index (Phi) is 4.18. The third-order valence-corrected chi connectivity index (χ3v) is 3.51. The molecular weight excluding hydrogens is 214 g/mol. The van der Waals surface area contributed by atoms with Crippen LogP contribution in [0.2, 0.25) is 0 Å². The van der Waals surface area contributed by atoms with Gasteiger partial charge in [-0.3, -0.25) is 4.90 Å². The van der Waals surface area contributed by atoms with Gasteiger partial charge in [-0.2, -0.15) is 0 Å². The van der Waals surface area contributed by atoms with Gasteiger partial charge < -0.3 is 9.73 Å². The van der Waals surface area contributed by atoms with Gasteiger partial charge in [0.1, 0.15) is 5.76 Å². The van der Waals surface area contributed by atoms with E-state index in [1.54, 1.807) is 0 Å². The molecule has 4 heteroatoms. The van der Waals surface area contributed by atoms with E-state index in [9.17, 15) is 0 Å². The van der Waals surface area contributed by atoms with Crippen LogP contribution in [0.25, 0.3) is 0 Å². The van der Waals surface area contributed by atoms with Crippen molar-refractivity contribution in [2.45, 2.75) is 46.2 Å². The number of aryl methyl sites for hydroxylation is 2. The van der Waals surface area contributed by atoms with E-state index in [0.29, 0.717) is 6.04 Å². The number of nitrogens with one attached hydrogen (secondary N) is 1. The minimum Gasteiger partial charge on any atom is -0.444 e. The summed E-state index contributed by atoms with van der Waals surface area (Å²) in [5, 5.41) is 3.52. The maximum absolute atomic E-state index is 5.62. The topological polar surface area (TPSA) is 41.3 Å². The van der Waals surface area contributed by atoms with Gasteiger partial charge in [0.2, 0.25) is 5.89 Å². The smallest absolute Gasteiger partial charge is 0.208 e. The second-order valence-corrected chi connectivity index (χ2v) is 4.86. The Morgan fingerprint density at radius 3 is 2.59 bits per heavy atom. The molecule has 2 rings (SSSR count). The van der Waals surface area contributed by atoms with Crippen LogP contribution < -0.4 is 5.32 Å². The molecule has 4 nitrogen and oxygen atoms in total. The molecule has 1 saturated heterocycles. The Balaban J connectivity index is 1.81. The summed E-state index contributed by atoms with van der Waals surface area (Å²) in [6, 6.07) is 0.698. The molecule has 0 radical (unpaired) electrons. The number of hydrogen-bond acceptors (Lipinski definition) is 4. The van der Waals surface area contributed by atoms with Gasteiger partial charge in [-0.05, 0) is 33.2 Å². The minimum absolute atomic E-state index is 0.698. The van der Waals surface area contributed by atoms with E-state index >= 15 is 0 Å². The number of rotatable bonds is 4. The standard InChI is InChI=1S/C13H23N3O/c1-4-14-12-5-7-16(8-6-12)9-13-15-10(2)11(3)17-13/h12,14H,4-9H2,1-3H3. The fourth-order valence-electron chi connectivity index (χ4n) is 2.38. The van der Waals surface area contributed by atoms with E-state index in [0.717, 1.165) is 43.5 Å². The Morgan fingerprint density at radius 1 is 1.35 bits per heavy atom. The molecular formula is C13H23N3O. The summed E-state index contributed by atoms with van der Waals surface area (Å²) in [4.78, 5) is 6.86. The molecule has 1 N–H and O–H groups in total. The summed E-state index contributed by atoms with van der Waals surface area (Å²) in [6.45, 7) is 10.3. The fourth-order valence-corrected chi connectivity index (χ4v) is 2.38. The van der Waals surface area contributed by atoms with Crippen LogP contribution in [-0.2, 0) is 6.54 Å². The van der Waals surface area contributed by atoms with Crippen LogP contribution in [-0.4, -0.2) is 35.6 Å². The summed E-state index contributed by atoms with van der Waals surface area (Å²) >= 11 is 0. The summed E-state index contributed by atoms with van der Waals surface area (Å²) in [5.74, 6) is 1.81. The monoisotopic (exact) mass is 237 g/mol. The van der Waals surface area contributed by atoms with Crippen molar-refractivity contribution in [3.8, 4) is 0 Å².